The second-order valence-corrected chi connectivity index (χ2v) is 6.11. The molecule has 2 fully saturated rings. The maximum atomic E-state index is 12.2. The fourth-order valence-electron chi connectivity index (χ4n) is 3.22. The SMILES string of the molecule is Cl.Cl.O=C(N[C@H]1CCCNC1)c1ccc(N2CCCCC2)cc1. The van der Waals surface area contributed by atoms with E-state index in [9.17, 15) is 4.79 Å². The van der Waals surface area contributed by atoms with Gasteiger partial charge in [0.05, 0.1) is 0 Å². The summed E-state index contributed by atoms with van der Waals surface area (Å²) in [7, 11) is 0. The van der Waals surface area contributed by atoms with Gasteiger partial charge in [0.2, 0.25) is 0 Å². The summed E-state index contributed by atoms with van der Waals surface area (Å²) < 4.78 is 0. The Morgan fingerprint density at radius 3 is 2.35 bits per heavy atom. The summed E-state index contributed by atoms with van der Waals surface area (Å²) in [6.45, 7) is 4.23. The van der Waals surface area contributed by atoms with Gasteiger partial charge in [0.1, 0.15) is 0 Å². The molecule has 2 aliphatic rings. The van der Waals surface area contributed by atoms with Gasteiger partial charge >= 0.3 is 0 Å². The van der Waals surface area contributed by atoms with Gasteiger partial charge in [-0.15, -0.1) is 24.8 Å². The molecule has 0 bridgehead atoms. The first-order valence-electron chi connectivity index (χ1n) is 8.19. The van der Waals surface area contributed by atoms with Gasteiger partial charge in [-0.2, -0.15) is 0 Å². The van der Waals surface area contributed by atoms with Crippen LogP contribution in [0.25, 0.3) is 0 Å². The normalized spacial score (nSPS) is 20.9. The number of anilines is 1. The summed E-state index contributed by atoms with van der Waals surface area (Å²) in [6, 6.07) is 8.34. The van der Waals surface area contributed by atoms with Crippen LogP contribution in [0, 0.1) is 0 Å². The number of nitrogens with zero attached hydrogens (tertiary/aromatic N) is 1. The maximum Gasteiger partial charge on any atom is 0.251 e. The van der Waals surface area contributed by atoms with Gasteiger partial charge in [-0.1, -0.05) is 0 Å². The fraction of sp³-hybridized carbons (Fsp3) is 0.588. The molecule has 0 saturated carbocycles. The summed E-state index contributed by atoms with van der Waals surface area (Å²) in [5, 5.41) is 6.44. The molecule has 1 aromatic carbocycles. The van der Waals surface area contributed by atoms with E-state index in [0.717, 1.165) is 44.6 Å². The molecule has 2 N–H and O–H groups in total. The highest BCUT2D eigenvalue weighted by molar-refractivity contribution is 5.94. The molecule has 130 valence electrons. The van der Waals surface area contributed by atoms with Crippen molar-refractivity contribution in [1.29, 1.82) is 0 Å². The van der Waals surface area contributed by atoms with Crippen molar-refractivity contribution in [2.24, 2.45) is 0 Å². The Kier molecular flexibility index (Phi) is 8.74. The third kappa shape index (κ3) is 5.55. The number of benzene rings is 1. The van der Waals surface area contributed by atoms with E-state index >= 15 is 0 Å². The number of halogens is 2. The molecule has 0 radical (unpaired) electrons. The Morgan fingerprint density at radius 1 is 1.04 bits per heavy atom. The van der Waals surface area contributed by atoms with Crippen LogP contribution in [0.5, 0.6) is 0 Å². The molecule has 2 heterocycles. The number of rotatable bonds is 3. The van der Waals surface area contributed by atoms with Crippen LogP contribution in [-0.4, -0.2) is 38.1 Å². The molecule has 0 aromatic heterocycles. The zero-order chi connectivity index (χ0) is 14.5. The maximum absolute atomic E-state index is 12.2. The van der Waals surface area contributed by atoms with Crippen LogP contribution >= 0.6 is 24.8 Å². The smallest absolute Gasteiger partial charge is 0.251 e. The summed E-state index contributed by atoms with van der Waals surface area (Å²) in [4.78, 5) is 14.7. The Hall–Kier alpha value is -0.970. The molecule has 0 spiro atoms. The van der Waals surface area contributed by atoms with Crippen molar-refractivity contribution in [2.45, 2.75) is 38.1 Å². The number of hydrogen-bond donors (Lipinski definition) is 2. The van der Waals surface area contributed by atoms with Crippen LogP contribution in [0.2, 0.25) is 0 Å². The van der Waals surface area contributed by atoms with Crippen LogP contribution in [0.4, 0.5) is 5.69 Å². The molecule has 1 amide bonds. The first-order chi connectivity index (χ1) is 10.3. The van der Waals surface area contributed by atoms with Crippen LogP contribution < -0.4 is 15.5 Å². The summed E-state index contributed by atoms with van der Waals surface area (Å²) in [6.07, 6.45) is 6.10. The molecule has 1 atom stereocenters. The van der Waals surface area contributed by atoms with E-state index in [2.05, 4.69) is 27.7 Å². The number of hydrogen-bond acceptors (Lipinski definition) is 3. The highest BCUT2D eigenvalue weighted by Gasteiger charge is 2.17. The van der Waals surface area contributed by atoms with E-state index in [1.54, 1.807) is 0 Å². The van der Waals surface area contributed by atoms with Gasteiger partial charge in [-0.25, -0.2) is 0 Å². The van der Waals surface area contributed by atoms with Crippen molar-refractivity contribution in [3.63, 3.8) is 0 Å². The second kappa shape index (κ2) is 10.0. The van der Waals surface area contributed by atoms with E-state index in [4.69, 9.17) is 0 Å². The molecule has 2 saturated heterocycles. The van der Waals surface area contributed by atoms with Gasteiger partial charge in [0, 0.05) is 36.9 Å². The molecule has 0 aliphatic carbocycles. The van der Waals surface area contributed by atoms with E-state index in [1.165, 1.54) is 24.9 Å². The zero-order valence-corrected chi connectivity index (χ0v) is 15.1. The summed E-state index contributed by atoms with van der Waals surface area (Å²) in [5.41, 5.74) is 2.01. The van der Waals surface area contributed by atoms with Crippen LogP contribution in [-0.2, 0) is 0 Å². The van der Waals surface area contributed by atoms with Gasteiger partial charge in [-0.05, 0) is 62.9 Å². The van der Waals surface area contributed by atoms with Gasteiger partial charge in [-0.3, -0.25) is 4.79 Å². The third-order valence-electron chi connectivity index (χ3n) is 4.48. The van der Waals surface area contributed by atoms with Gasteiger partial charge in [0.15, 0.2) is 0 Å². The zero-order valence-electron chi connectivity index (χ0n) is 13.4. The fourth-order valence-corrected chi connectivity index (χ4v) is 3.22. The quantitative estimate of drug-likeness (QED) is 0.871. The minimum Gasteiger partial charge on any atom is -0.372 e. The lowest BCUT2D eigenvalue weighted by molar-refractivity contribution is 0.0930. The molecule has 0 unspecified atom stereocenters. The second-order valence-electron chi connectivity index (χ2n) is 6.11. The van der Waals surface area contributed by atoms with Crippen molar-refractivity contribution < 1.29 is 4.79 Å². The van der Waals surface area contributed by atoms with E-state index in [1.807, 2.05) is 12.1 Å². The highest BCUT2D eigenvalue weighted by Crippen LogP contribution is 2.20. The van der Waals surface area contributed by atoms with Crippen LogP contribution in [0.1, 0.15) is 42.5 Å². The average Bonchev–Trinajstić information content (AvgIpc) is 2.57. The topological polar surface area (TPSA) is 44.4 Å². The molecule has 4 nitrogen and oxygen atoms in total. The Labute approximate surface area is 151 Å². The number of piperidine rings is 2. The van der Waals surface area contributed by atoms with Crippen molar-refractivity contribution in [2.75, 3.05) is 31.1 Å². The number of nitrogens with one attached hydrogen (secondary N) is 2. The minimum atomic E-state index is 0. The largest absolute Gasteiger partial charge is 0.372 e. The van der Waals surface area contributed by atoms with Crippen LogP contribution in [0.15, 0.2) is 24.3 Å². The molecule has 23 heavy (non-hydrogen) atoms. The highest BCUT2D eigenvalue weighted by atomic mass is 35.5. The molecule has 3 rings (SSSR count). The minimum absolute atomic E-state index is 0. The van der Waals surface area contributed by atoms with Gasteiger partial charge < -0.3 is 15.5 Å². The monoisotopic (exact) mass is 359 g/mol. The predicted octanol–water partition coefficient (Wildman–Crippen LogP) is 3.00. The average molecular weight is 360 g/mol. The Bertz CT molecular complexity index is 469. The van der Waals surface area contributed by atoms with Crippen molar-refractivity contribution in [1.82, 2.24) is 10.6 Å². The van der Waals surface area contributed by atoms with Crippen molar-refractivity contribution in [3.05, 3.63) is 29.8 Å². The van der Waals surface area contributed by atoms with Crippen molar-refractivity contribution >= 4 is 36.4 Å². The summed E-state index contributed by atoms with van der Waals surface area (Å²) in [5.74, 6) is 0.0499. The number of carbonyl (C=O) groups is 1. The van der Waals surface area contributed by atoms with E-state index in [0.29, 0.717) is 0 Å². The molecular formula is C17H27Cl2N3O. The third-order valence-corrected chi connectivity index (χ3v) is 4.48. The molecule has 6 heteroatoms. The number of amides is 1. The van der Waals surface area contributed by atoms with E-state index < -0.39 is 0 Å². The Morgan fingerprint density at radius 2 is 1.74 bits per heavy atom. The first kappa shape index (κ1) is 20.1. The molecule has 1 aromatic rings. The first-order valence-corrected chi connectivity index (χ1v) is 8.19. The lowest BCUT2D eigenvalue weighted by Crippen LogP contribution is -2.45. The molecule has 2 aliphatic heterocycles. The number of carbonyl (C=O) groups excluding carboxylic acids is 1. The van der Waals surface area contributed by atoms with E-state index in [-0.39, 0.29) is 36.8 Å². The van der Waals surface area contributed by atoms with Gasteiger partial charge in [0.25, 0.3) is 5.91 Å². The lowest BCUT2D eigenvalue weighted by Gasteiger charge is -2.29. The van der Waals surface area contributed by atoms with Crippen molar-refractivity contribution in [3.8, 4) is 0 Å². The van der Waals surface area contributed by atoms with Crippen LogP contribution in [0.3, 0.4) is 0 Å². The Balaban J connectivity index is 0.00000132. The molecular weight excluding hydrogens is 333 g/mol. The predicted molar refractivity (Wildman–Crippen MR) is 100 cm³/mol. The standard InChI is InChI=1S/C17H25N3O.2ClH/c21-17(19-15-5-4-10-18-13-15)14-6-8-16(9-7-14)20-11-2-1-3-12-20;;/h6-9,15,18H,1-5,10-13H2,(H,19,21);2*1H/t15-;;/m0../s1. The summed E-state index contributed by atoms with van der Waals surface area (Å²) >= 11 is 0. The lowest BCUT2D eigenvalue weighted by atomic mass is 10.1.